The van der Waals surface area contributed by atoms with Gasteiger partial charge in [0.1, 0.15) is 5.69 Å². The molecule has 0 atom stereocenters. The number of halogens is 1. The van der Waals surface area contributed by atoms with Crippen molar-refractivity contribution < 1.29 is 8.83 Å². The van der Waals surface area contributed by atoms with Crippen molar-refractivity contribution in [3.8, 4) is 11.3 Å². The standard InChI is InChI=1S/C11H11BrN2O2/c12-11-8(3-4-15-11)10-9(14-6-16-10)5-13-7-1-2-7/h3-4,6-7,13H,1-2,5H2. The summed E-state index contributed by atoms with van der Waals surface area (Å²) in [4.78, 5) is 4.22. The van der Waals surface area contributed by atoms with Crippen LogP contribution in [-0.4, -0.2) is 11.0 Å². The molecule has 0 bridgehead atoms. The Kier molecular flexibility index (Phi) is 2.57. The van der Waals surface area contributed by atoms with Gasteiger partial charge in [0.2, 0.25) is 0 Å². The van der Waals surface area contributed by atoms with Gasteiger partial charge in [0.25, 0.3) is 0 Å². The third-order valence-electron chi connectivity index (χ3n) is 2.64. The zero-order valence-corrected chi connectivity index (χ0v) is 10.2. The molecule has 3 rings (SSSR count). The summed E-state index contributed by atoms with van der Waals surface area (Å²) < 4.78 is 11.3. The van der Waals surface area contributed by atoms with Gasteiger partial charge < -0.3 is 14.2 Å². The Morgan fingerprint density at radius 3 is 3.00 bits per heavy atom. The predicted molar refractivity (Wildman–Crippen MR) is 61.8 cm³/mol. The predicted octanol–water partition coefficient (Wildman–Crippen LogP) is 2.95. The summed E-state index contributed by atoms with van der Waals surface area (Å²) in [5.41, 5.74) is 1.83. The van der Waals surface area contributed by atoms with Crippen LogP contribution in [0.15, 0.2) is 32.2 Å². The van der Waals surface area contributed by atoms with Crippen molar-refractivity contribution in [1.82, 2.24) is 10.3 Å². The van der Waals surface area contributed by atoms with Gasteiger partial charge in [0.05, 0.1) is 11.8 Å². The highest BCUT2D eigenvalue weighted by molar-refractivity contribution is 9.10. The van der Waals surface area contributed by atoms with Gasteiger partial charge in [0.15, 0.2) is 16.8 Å². The molecular formula is C11H11BrN2O2. The van der Waals surface area contributed by atoms with E-state index < -0.39 is 0 Å². The van der Waals surface area contributed by atoms with E-state index in [4.69, 9.17) is 8.83 Å². The van der Waals surface area contributed by atoms with Gasteiger partial charge in [-0.3, -0.25) is 0 Å². The molecule has 1 saturated carbocycles. The molecule has 0 amide bonds. The molecule has 1 fully saturated rings. The number of furan rings is 1. The maximum Gasteiger partial charge on any atom is 0.181 e. The SMILES string of the molecule is Brc1occc1-c1ocnc1CNC1CC1. The van der Waals surface area contributed by atoms with Crippen LogP contribution in [0.25, 0.3) is 11.3 Å². The van der Waals surface area contributed by atoms with E-state index in [0.29, 0.717) is 10.7 Å². The van der Waals surface area contributed by atoms with Crippen LogP contribution in [0.5, 0.6) is 0 Å². The number of rotatable bonds is 4. The monoisotopic (exact) mass is 282 g/mol. The van der Waals surface area contributed by atoms with E-state index in [1.54, 1.807) is 6.26 Å². The largest absolute Gasteiger partial charge is 0.457 e. The lowest BCUT2D eigenvalue weighted by molar-refractivity contribution is 0.535. The van der Waals surface area contributed by atoms with Gasteiger partial charge in [-0.2, -0.15) is 0 Å². The topological polar surface area (TPSA) is 51.2 Å². The number of nitrogens with zero attached hydrogens (tertiary/aromatic N) is 1. The van der Waals surface area contributed by atoms with E-state index in [1.807, 2.05) is 6.07 Å². The molecule has 0 saturated heterocycles. The highest BCUT2D eigenvalue weighted by Crippen LogP contribution is 2.31. The van der Waals surface area contributed by atoms with E-state index in [2.05, 4.69) is 26.2 Å². The zero-order chi connectivity index (χ0) is 11.0. The van der Waals surface area contributed by atoms with Crippen LogP contribution in [0.4, 0.5) is 0 Å². The van der Waals surface area contributed by atoms with Gasteiger partial charge in [-0.05, 0) is 34.8 Å². The van der Waals surface area contributed by atoms with Crippen LogP contribution in [0.2, 0.25) is 0 Å². The highest BCUT2D eigenvalue weighted by atomic mass is 79.9. The molecule has 1 aliphatic carbocycles. The van der Waals surface area contributed by atoms with E-state index in [0.717, 1.165) is 23.6 Å². The number of oxazole rings is 1. The molecule has 16 heavy (non-hydrogen) atoms. The maximum atomic E-state index is 5.40. The maximum absolute atomic E-state index is 5.40. The van der Waals surface area contributed by atoms with Crippen molar-refractivity contribution >= 4 is 15.9 Å². The molecule has 1 aliphatic rings. The fourth-order valence-corrected chi connectivity index (χ4v) is 2.02. The molecule has 2 heterocycles. The van der Waals surface area contributed by atoms with Crippen molar-refractivity contribution in [3.63, 3.8) is 0 Å². The van der Waals surface area contributed by atoms with Crippen LogP contribution in [0.1, 0.15) is 18.5 Å². The van der Waals surface area contributed by atoms with Crippen molar-refractivity contribution in [2.75, 3.05) is 0 Å². The molecule has 0 aliphatic heterocycles. The summed E-state index contributed by atoms with van der Waals surface area (Å²) >= 11 is 3.34. The van der Waals surface area contributed by atoms with Crippen LogP contribution >= 0.6 is 15.9 Å². The fraction of sp³-hybridized carbons (Fsp3) is 0.364. The number of hydrogen-bond donors (Lipinski definition) is 1. The first-order valence-electron chi connectivity index (χ1n) is 5.23. The molecular weight excluding hydrogens is 272 g/mol. The molecule has 0 unspecified atom stereocenters. The minimum atomic E-state index is 0.664. The van der Waals surface area contributed by atoms with Gasteiger partial charge in [-0.15, -0.1) is 0 Å². The van der Waals surface area contributed by atoms with Crippen molar-refractivity contribution in [2.45, 2.75) is 25.4 Å². The van der Waals surface area contributed by atoms with Crippen LogP contribution in [-0.2, 0) is 6.54 Å². The Labute approximate surface area is 101 Å². The number of hydrogen-bond acceptors (Lipinski definition) is 4. The highest BCUT2D eigenvalue weighted by Gasteiger charge is 2.22. The summed E-state index contributed by atoms with van der Waals surface area (Å²) in [5.74, 6) is 0.772. The smallest absolute Gasteiger partial charge is 0.181 e. The van der Waals surface area contributed by atoms with Crippen LogP contribution in [0.3, 0.4) is 0 Å². The Balaban J connectivity index is 1.83. The Morgan fingerprint density at radius 1 is 1.44 bits per heavy atom. The molecule has 4 nitrogen and oxygen atoms in total. The first-order chi connectivity index (χ1) is 7.84. The minimum Gasteiger partial charge on any atom is -0.457 e. The third kappa shape index (κ3) is 1.92. The van der Waals surface area contributed by atoms with Gasteiger partial charge in [0, 0.05) is 12.6 Å². The van der Waals surface area contributed by atoms with Gasteiger partial charge in [-0.1, -0.05) is 0 Å². The fourth-order valence-electron chi connectivity index (χ4n) is 1.60. The normalized spacial score (nSPS) is 15.6. The summed E-state index contributed by atoms with van der Waals surface area (Å²) in [6, 6.07) is 2.53. The lowest BCUT2D eigenvalue weighted by atomic mass is 10.2. The van der Waals surface area contributed by atoms with E-state index >= 15 is 0 Å². The number of aromatic nitrogens is 1. The van der Waals surface area contributed by atoms with Crippen LogP contribution in [0, 0.1) is 0 Å². The third-order valence-corrected chi connectivity index (χ3v) is 3.25. The summed E-state index contributed by atoms with van der Waals surface area (Å²) in [6.07, 6.45) is 5.63. The second-order valence-corrected chi connectivity index (χ2v) is 4.61. The van der Waals surface area contributed by atoms with E-state index in [-0.39, 0.29) is 0 Å². The second-order valence-electron chi connectivity index (χ2n) is 3.89. The van der Waals surface area contributed by atoms with Gasteiger partial charge in [-0.25, -0.2) is 4.98 Å². The Morgan fingerprint density at radius 2 is 2.31 bits per heavy atom. The molecule has 0 aromatic carbocycles. The van der Waals surface area contributed by atoms with Crippen molar-refractivity contribution in [1.29, 1.82) is 0 Å². The quantitative estimate of drug-likeness (QED) is 0.937. The lowest BCUT2D eigenvalue weighted by Gasteiger charge is -2.00. The van der Waals surface area contributed by atoms with E-state index in [1.165, 1.54) is 19.2 Å². The average molecular weight is 283 g/mol. The minimum absolute atomic E-state index is 0.664. The van der Waals surface area contributed by atoms with E-state index in [9.17, 15) is 0 Å². The first kappa shape index (κ1) is 10.1. The molecule has 0 radical (unpaired) electrons. The summed E-state index contributed by atoms with van der Waals surface area (Å²) in [5, 5.41) is 3.41. The average Bonchev–Trinajstić information content (AvgIpc) is 2.83. The van der Waals surface area contributed by atoms with Crippen molar-refractivity contribution in [2.24, 2.45) is 0 Å². The molecule has 84 valence electrons. The molecule has 2 aromatic heterocycles. The molecule has 2 aromatic rings. The molecule has 1 N–H and O–H groups in total. The second kappa shape index (κ2) is 4.07. The lowest BCUT2D eigenvalue weighted by Crippen LogP contribution is -2.15. The first-order valence-corrected chi connectivity index (χ1v) is 6.03. The zero-order valence-electron chi connectivity index (χ0n) is 8.57. The van der Waals surface area contributed by atoms with Crippen LogP contribution < -0.4 is 5.32 Å². The summed E-state index contributed by atoms with van der Waals surface area (Å²) in [7, 11) is 0. The van der Waals surface area contributed by atoms with Gasteiger partial charge >= 0.3 is 0 Å². The van der Waals surface area contributed by atoms with Crippen molar-refractivity contribution in [3.05, 3.63) is 29.1 Å². The number of nitrogens with one attached hydrogen (secondary N) is 1. The molecule has 5 heteroatoms. The molecule has 0 spiro atoms. The Hall–Kier alpha value is -1.07. The summed E-state index contributed by atoms with van der Waals surface area (Å²) in [6.45, 7) is 0.744. The Bertz CT molecular complexity index is 488.